The van der Waals surface area contributed by atoms with Gasteiger partial charge in [-0.1, -0.05) is 5.16 Å². The average molecular weight is 298 g/mol. The van der Waals surface area contributed by atoms with E-state index in [4.69, 9.17) is 14.0 Å². The van der Waals surface area contributed by atoms with Crippen molar-refractivity contribution in [2.45, 2.75) is 6.92 Å². The maximum Gasteiger partial charge on any atom is 0.338 e. The van der Waals surface area contributed by atoms with Crippen molar-refractivity contribution in [1.29, 1.82) is 0 Å². The third-order valence-electron chi connectivity index (χ3n) is 3.34. The fraction of sp³-hybridized carbons (Fsp3) is 0.188. The Bertz CT molecular complexity index is 837. The van der Waals surface area contributed by atoms with Crippen molar-refractivity contribution in [2.24, 2.45) is 0 Å². The number of fused-ring (bicyclic) bond motifs is 1. The molecule has 6 nitrogen and oxygen atoms in total. The Kier molecular flexibility index (Phi) is 3.50. The molecule has 1 aromatic carbocycles. The Balaban J connectivity index is 2.23. The van der Waals surface area contributed by atoms with Gasteiger partial charge in [-0.15, -0.1) is 0 Å². The number of esters is 1. The van der Waals surface area contributed by atoms with E-state index < -0.39 is 5.97 Å². The van der Waals surface area contributed by atoms with Crippen molar-refractivity contribution in [3.05, 3.63) is 41.6 Å². The van der Waals surface area contributed by atoms with E-state index in [9.17, 15) is 4.79 Å². The first kappa shape index (κ1) is 14.1. The van der Waals surface area contributed by atoms with Crippen LogP contribution in [0.1, 0.15) is 16.1 Å². The van der Waals surface area contributed by atoms with Crippen LogP contribution in [0.2, 0.25) is 0 Å². The summed E-state index contributed by atoms with van der Waals surface area (Å²) < 4.78 is 15.3. The fourth-order valence-electron chi connectivity index (χ4n) is 2.29. The molecule has 2 heterocycles. The Hall–Kier alpha value is -2.89. The van der Waals surface area contributed by atoms with Crippen LogP contribution >= 0.6 is 0 Å². The lowest BCUT2D eigenvalue weighted by atomic mass is 10.0. The zero-order valence-corrected chi connectivity index (χ0v) is 12.4. The third-order valence-corrected chi connectivity index (χ3v) is 3.34. The van der Waals surface area contributed by atoms with Crippen molar-refractivity contribution in [3.63, 3.8) is 0 Å². The van der Waals surface area contributed by atoms with Gasteiger partial charge in [0.25, 0.3) is 5.71 Å². The molecule has 0 bridgehead atoms. The number of hydrogen-bond donors (Lipinski definition) is 0. The normalized spacial score (nSPS) is 10.7. The molecule has 0 atom stereocenters. The molecular formula is C16H14N2O4. The van der Waals surface area contributed by atoms with Gasteiger partial charge in [-0.05, 0) is 37.3 Å². The number of aromatic nitrogens is 2. The number of ether oxygens (including phenoxy) is 2. The molecule has 112 valence electrons. The van der Waals surface area contributed by atoms with Gasteiger partial charge in [0, 0.05) is 11.3 Å². The van der Waals surface area contributed by atoms with E-state index in [1.54, 1.807) is 20.1 Å². The van der Waals surface area contributed by atoms with Crippen LogP contribution in [0.15, 0.2) is 34.9 Å². The topological polar surface area (TPSA) is 74.5 Å². The Morgan fingerprint density at radius 1 is 1.18 bits per heavy atom. The van der Waals surface area contributed by atoms with Crippen LogP contribution in [-0.2, 0) is 4.74 Å². The number of carbonyl (C=O) groups excluding carboxylic acids is 1. The molecule has 0 aliphatic heterocycles. The molecule has 0 N–H and O–H groups in total. The largest absolute Gasteiger partial charge is 0.497 e. The van der Waals surface area contributed by atoms with Gasteiger partial charge in [-0.3, -0.25) is 0 Å². The maximum absolute atomic E-state index is 12.0. The minimum Gasteiger partial charge on any atom is -0.497 e. The molecule has 0 fully saturated rings. The molecule has 0 amide bonds. The van der Waals surface area contributed by atoms with Gasteiger partial charge in [0.15, 0.2) is 0 Å². The Morgan fingerprint density at radius 2 is 1.91 bits per heavy atom. The van der Waals surface area contributed by atoms with Crippen LogP contribution in [0.25, 0.3) is 22.4 Å². The van der Waals surface area contributed by atoms with Crippen LogP contribution in [0, 0.1) is 6.92 Å². The summed E-state index contributed by atoms with van der Waals surface area (Å²) in [6.07, 6.45) is 0. The second-order valence-corrected chi connectivity index (χ2v) is 4.74. The molecular weight excluding hydrogens is 284 g/mol. The summed E-state index contributed by atoms with van der Waals surface area (Å²) in [5.41, 5.74) is 2.70. The predicted octanol–water partition coefficient (Wildman–Crippen LogP) is 2.99. The monoisotopic (exact) mass is 298 g/mol. The Labute approximate surface area is 126 Å². The molecule has 0 aliphatic rings. The minimum atomic E-state index is -0.450. The van der Waals surface area contributed by atoms with Gasteiger partial charge < -0.3 is 14.0 Å². The number of nitrogens with zero attached hydrogens (tertiary/aromatic N) is 2. The van der Waals surface area contributed by atoms with E-state index in [-0.39, 0.29) is 0 Å². The van der Waals surface area contributed by atoms with E-state index in [2.05, 4.69) is 10.1 Å². The number of aryl methyl sites for hydroxylation is 1. The summed E-state index contributed by atoms with van der Waals surface area (Å²) in [6, 6.07) is 8.98. The predicted molar refractivity (Wildman–Crippen MR) is 79.9 cm³/mol. The molecule has 2 aromatic heterocycles. The van der Waals surface area contributed by atoms with Crippen LogP contribution in [-0.4, -0.2) is 30.3 Å². The lowest BCUT2D eigenvalue weighted by Crippen LogP contribution is -2.03. The molecule has 0 spiro atoms. The van der Waals surface area contributed by atoms with Gasteiger partial charge in [0.05, 0.1) is 25.2 Å². The average Bonchev–Trinajstić information content (AvgIpc) is 2.97. The van der Waals surface area contributed by atoms with Crippen molar-refractivity contribution >= 4 is 17.1 Å². The smallest absolute Gasteiger partial charge is 0.338 e. The van der Waals surface area contributed by atoms with Gasteiger partial charge in [-0.25, -0.2) is 9.78 Å². The lowest BCUT2D eigenvalue weighted by molar-refractivity contribution is 0.0602. The first-order valence-corrected chi connectivity index (χ1v) is 6.64. The molecule has 6 heteroatoms. The zero-order chi connectivity index (χ0) is 15.7. The molecule has 0 saturated carbocycles. The highest BCUT2D eigenvalue weighted by Gasteiger charge is 2.21. The van der Waals surface area contributed by atoms with Gasteiger partial charge in [0.2, 0.25) is 0 Å². The van der Waals surface area contributed by atoms with Crippen LogP contribution in [0.5, 0.6) is 5.75 Å². The number of pyridine rings is 1. The maximum atomic E-state index is 12.0. The van der Waals surface area contributed by atoms with Crippen molar-refractivity contribution in [3.8, 4) is 17.0 Å². The number of rotatable bonds is 3. The SMILES string of the molecule is COC(=O)c1cc(C)nc2onc(-c3ccc(OC)cc3)c12. The zero-order valence-electron chi connectivity index (χ0n) is 12.4. The first-order valence-electron chi connectivity index (χ1n) is 6.64. The highest BCUT2D eigenvalue weighted by molar-refractivity contribution is 6.07. The molecule has 3 rings (SSSR count). The van der Waals surface area contributed by atoms with E-state index in [1.807, 2.05) is 24.3 Å². The quantitative estimate of drug-likeness (QED) is 0.692. The number of hydrogen-bond acceptors (Lipinski definition) is 6. The second kappa shape index (κ2) is 5.48. The summed E-state index contributed by atoms with van der Waals surface area (Å²) >= 11 is 0. The number of methoxy groups -OCH3 is 2. The van der Waals surface area contributed by atoms with Crippen molar-refractivity contribution < 1.29 is 18.8 Å². The fourth-order valence-corrected chi connectivity index (χ4v) is 2.29. The van der Waals surface area contributed by atoms with Gasteiger partial charge >= 0.3 is 5.97 Å². The summed E-state index contributed by atoms with van der Waals surface area (Å²) in [4.78, 5) is 16.3. The number of benzene rings is 1. The molecule has 0 unspecified atom stereocenters. The molecule has 22 heavy (non-hydrogen) atoms. The number of carbonyl (C=O) groups is 1. The highest BCUT2D eigenvalue weighted by Crippen LogP contribution is 2.31. The van der Waals surface area contributed by atoms with Crippen molar-refractivity contribution in [1.82, 2.24) is 10.1 Å². The third kappa shape index (κ3) is 2.28. The minimum absolute atomic E-state index is 0.311. The van der Waals surface area contributed by atoms with E-state index >= 15 is 0 Å². The van der Waals surface area contributed by atoms with E-state index in [1.165, 1.54) is 7.11 Å². The molecule has 0 aliphatic carbocycles. The van der Waals surface area contributed by atoms with E-state index in [0.717, 1.165) is 11.3 Å². The Morgan fingerprint density at radius 3 is 2.55 bits per heavy atom. The second-order valence-electron chi connectivity index (χ2n) is 4.74. The first-order chi connectivity index (χ1) is 10.6. The lowest BCUT2D eigenvalue weighted by Gasteiger charge is -2.04. The molecule has 0 saturated heterocycles. The van der Waals surface area contributed by atoms with Gasteiger partial charge in [-0.2, -0.15) is 0 Å². The van der Waals surface area contributed by atoms with E-state index in [0.29, 0.717) is 28.1 Å². The summed E-state index contributed by atoms with van der Waals surface area (Å²) in [7, 11) is 2.94. The highest BCUT2D eigenvalue weighted by atomic mass is 16.5. The van der Waals surface area contributed by atoms with Gasteiger partial charge in [0.1, 0.15) is 11.4 Å². The summed E-state index contributed by atoms with van der Waals surface area (Å²) in [5, 5.41) is 4.60. The summed E-state index contributed by atoms with van der Waals surface area (Å²) in [6.45, 7) is 1.78. The van der Waals surface area contributed by atoms with Crippen LogP contribution < -0.4 is 4.74 Å². The molecule has 3 aromatic rings. The molecule has 0 radical (unpaired) electrons. The standard InChI is InChI=1S/C16H14N2O4/c1-9-8-12(16(19)21-3)13-14(18-22-15(13)17-9)10-4-6-11(20-2)7-5-10/h4-8H,1-3H3. The van der Waals surface area contributed by atoms with Crippen LogP contribution in [0.3, 0.4) is 0 Å². The summed E-state index contributed by atoms with van der Waals surface area (Å²) in [5.74, 6) is 0.284. The van der Waals surface area contributed by atoms with Crippen LogP contribution in [0.4, 0.5) is 0 Å². The van der Waals surface area contributed by atoms with Crippen molar-refractivity contribution in [2.75, 3.05) is 14.2 Å².